The van der Waals surface area contributed by atoms with Gasteiger partial charge >= 0.3 is 0 Å². The second kappa shape index (κ2) is 10.0. The molecule has 30 heavy (non-hydrogen) atoms. The predicted molar refractivity (Wildman–Crippen MR) is 119 cm³/mol. The highest BCUT2D eigenvalue weighted by atomic mass is 35.5. The number of hydrogen-bond donors (Lipinski definition) is 1. The summed E-state index contributed by atoms with van der Waals surface area (Å²) >= 11 is 5.93. The maximum absolute atomic E-state index is 13.1. The number of benzene rings is 2. The SMILES string of the molecule is CC[C@@H](C(=O)N[C@@H](C)c1cc(OC)ccc1OC)N(c1ccc(Cl)cc1)S(C)(=O)=O. The lowest BCUT2D eigenvalue weighted by Gasteiger charge is -2.31. The molecule has 0 fully saturated rings. The lowest BCUT2D eigenvalue weighted by molar-refractivity contribution is -0.122. The van der Waals surface area contributed by atoms with Crippen LogP contribution in [0.3, 0.4) is 0 Å². The Balaban J connectivity index is 2.35. The topological polar surface area (TPSA) is 84.9 Å². The summed E-state index contributed by atoms with van der Waals surface area (Å²) < 4.78 is 36.8. The van der Waals surface area contributed by atoms with Gasteiger partial charge in [0, 0.05) is 10.6 Å². The van der Waals surface area contributed by atoms with Gasteiger partial charge in [-0.3, -0.25) is 9.10 Å². The van der Waals surface area contributed by atoms with Gasteiger partial charge in [-0.05, 0) is 55.8 Å². The van der Waals surface area contributed by atoms with Gasteiger partial charge in [-0.2, -0.15) is 0 Å². The van der Waals surface area contributed by atoms with Crippen LogP contribution in [0.1, 0.15) is 31.9 Å². The molecule has 0 spiro atoms. The van der Waals surface area contributed by atoms with Gasteiger partial charge in [0.05, 0.1) is 32.2 Å². The maximum atomic E-state index is 13.1. The summed E-state index contributed by atoms with van der Waals surface area (Å²) in [6.45, 7) is 3.56. The third-order valence-electron chi connectivity index (χ3n) is 4.67. The Labute approximate surface area is 183 Å². The second-order valence-electron chi connectivity index (χ2n) is 6.80. The molecule has 7 nitrogen and oxygen atoms in total. The van der Waals surface area contributed by atoms with Crippen LogP contribution in [-0.2, 0) is 14.8 Å². The molecule has 0 unspecified atom stereocenters. The minimum absolute atomic E-state index is 0.281. The third kappa shape index (κ3) is 5.58. The van der Waals surface area contributed by atoms with Crippen LogP contribution in [0.5, 0.6) is 11.5 Å². The molecule has 9 heteroatoms. The smallest absolute Gasteiger partial charge is 0.244 e. The van der Waals surface area contributed by atoms with Crippen molar-refractivity contribution >= 4 is 33.2 Å². The van der Waals surface area contributed by atoms with E-state index in [-0.39, 0.29) is 6.42 Å². The fraction of sp³-hybridized carbons (Fsp3) is 0.381. The quantitative estimate of drug-likeness (QED) is 0.623. The van der Waals surface area contributed by atoms with Gasteiger partial charge in [-0.1, -0.05) is 18.5 Å². The Morgan fingerprint density at radius 1 is 1.13 bits per heavy atom. The van der Waals surface area contributed by atoms with E-state index in [2.05, 4.69) is 5.32 Å². The molecule has 0 aliphatic heterocycles. The van der Waals surface area contributed by atoms with Crippen LogP contribution in [0.25, 0.3) is 0 Å². The lowest BCUT2D eigenvalue weighted by Crippen LogP contribution is -2.49. The van der Waals surface area contributed by atoms with Crippen molar-refractivity contribution in [3.8, 4) is 11.5 Å². The summed E-state index contributed by atoms with van der Waals surface area (Å²) in [5.41, 5.74) is 1.09. The molecule has 0 aromatic heterocycles. The van der Waals surface area contributed by atoms with Gasteiger partial charge in [0.25, 0.3) is 0 Å². The van der Waals surface area contributed by atoms with Crippen molar-refractivity contribution < 1.29 is 22.7 Å². The highest BCUT2D eigenvalue weighted by Crippen LogP contribution is 2.30. The van der Waals surface area contributed by atoms with E-state index in [9.17, 15) is 13.2 Å². The number of rotatable bonds is 9. The normalized spacial score (nSPS) is 13.3. The summed E-state index contributed by atoms with van der Waals surface area (Å²) in [4.78, 5) is 13.1. The van der Waals surface area contributed by atoms with Gasteiger partial charge in [0.15, 0.2) is 0 Å². The van der Waals surface area contributed by atoms with Crippen LogP contribution in [0.4, 0.5) is 5.69 Å². The minimum Gasteiger partial charge on any atom is -0.497 e. The highest BCUT2D eigenvalue weighted by Gasteiger charge is 2.32. The molecule has 0 saturated carbocycles. The first-order valence-electron chi connectivity index (χ1n) is 9.39. The first-order valence-corrected chi connectivity index (χ1v) is 11.6. The van der Waals surface area contributed by atoms with E-state index >= 15 is 0 Å². The standard InChI is InChI=1S/C21H27ClN2O5S/c1-6-19(24(30(5,26)27)16-9-7-15(22)8-10-16)21(25)23-14(2)18-13-17(28-3)11-12-20(18)29-4/h7-14,19H,6H2,1-5H3,(H,23,25)/t14-,19-/m0/s1. The number of hydrogen-bond acceptors (Lipinski definition) is 5. The number of nitrogens with one attached hydrogen (secondary N) is 1. The third-order valence-corrected chi connectivity index (χ3v) is 6.10. The molecule has 164 valence electrons. The monoisotopic (exact) mass is 454 g/mol. The van der Waals surface area contributed by atoms with Crippen molar-refractivity contribution in [2.45, 2.75) is 32.4 Å². The largest absolute Gasteiger partial charge is 0.497 e. The van der Waals surface area contributed by atoms with E-state index in [1.165, 1.54) is 0 Å². The van der Waals surface area contributed by atoms with Gasteiger partial charge < -0.3 is 14.8 Å². The Hall–Kier alpha value is -2.45. The zero-order valence-corrected chi connectivity index (χ0v) is 19.3. The van der Waals surface area contributed by atoms with Gasteiger partial charge in [0.2, 0.25) is 15.9 Å². The molecule has 2 aromatic rings. The summed E-state index contributed by atoms with van der Waals surface area (Å²) in [5.74, 6) is 0.794. The van der Waals surface area contributed by atoms with Crippen molar-refractivity contribution in [1.29, 1.82) is 0 Å². The molecule has 0 saturated heterocycles. The number of amides is 1. The number of carbonyl (C=O) groups excluding carboxylic acids is 1. The highest BCUT2D eigenvalue weighted by molar-refractivity contribution is 7.92. The maximum Gasteiger partial charge on any atom is 0.244 e. The minimum atomic E-state index is -3.73. The fourth-order valence-corrected chi connectivity index (χ4v) is 4.55. The van der Waals surface area contributed by atoms with E-state index in [0.29, 0.717) is 22.2 Å². The summed E-state index contributed by atoms with van der Waals surface area (Å²) in [6.07, 6.45) is 1.36. The van der Waals surface area contributed by atoms with E-state index in [4.69, 9.17) is 21.1 Å². The number of nitrogens with zero attached hydrogens (tertiary/aromatic N) is 1. The summed E-state index contributed by atoms with van der Waals surface area (Å²) in [7, 11) is -0.630. The average Bonchev–Trinajstić information content (AvgIpc) is 2.71. The molecule has 2 atom stereocenters. The van der Waals surface area contributed by atoms with Crippen LogP contribution in [0.2, 0.25) is 5.02 Å². The predicted octanol–water partition coefficient (Wildman–Crippen LogP) is 3.78. The number of halogens is 1. The van der Waals surface area contributed by atoms with Gasteiger partial charge in [0.1, 0.15) is 17.5 Å². The van der Waals surface area contributed by atoms with Crippen molar-refractivity contribution in [2.75, 3.05) is 24.8 Å². The molecular weight excluding hydrogens is 428 g/mol. The van der Waals surface area contributed by atoms with E-state index in [0.717, 1.165) is 16.1 Å². The number of methoxy groups -OCH3 is 2. The molecule has 1 N–H and O–H groups in total. The summed E-state index contributed by atoms with van der Waals surface area (Å²) in [6, 6.07) is 10.2. The summed E-state index contributed by atoms with van der Waals surface area (Å²) in [5, 5.41) is 3.38. The Morgan fingerprint density at radius 3 is 2.27 bits per heavy atom. The van der Waals surface area contributed by atoms with Crippen molar-refractivity contribution in [2.24, 2.45) is 0 Å². The molecule has 0 heterocycles. The number of ether oxygens (including phenoxy) is 2. The van der Waals surface area contributed by atoms with Crippen molar-refractivity contribution in [1.82, 2.24) is 5.32 Å². The average molecular weight is 455 g/mol. The van der Waals surface area contributed by atoms with Crippen molar-refractivity contribution in [3.63, 3.8) is 0 Å². The van der Waals surface area contributed by atoms with Gasteiger partial charge in [-0.15, -0.1) is 0 Å². The number of anilines is 1. The zero-order valence-electron chi connectivity index (χ0n) is 17.7. The fourth-order valence-electron chi connectivity index (χ4n) is 3.21. The molecule has 0 radical (unpaired) electrons. The molecule has 0 bridgehead atoms. The zero-order chi connectivity index (χ0) is 22.5. The Kier molecular flexibility index (Phi) is 7.97. The van der Waals surface area contributed by atoms with Crippen LogP contribution < -0.4 is 19.1 Å². The van der Waals surface area contributed by atoms with Crippen LogP contribution in [0.15, 0.2) is 42.5 Å². The Bertz CT molecular complexity index is 979. The van der Waals surface area contributed by atoms with Crippen LogP contribution in [0, 0.1) is 0 Å². The van der Waals surface area contributed by atoms with Crippen LogP contribution in [-0.4, -0.2) is 40.8 Å². The van der Waals surface area contributed by atoms with Gasteiger partial charge in [-0.25, -0.2) is 8.42 Å². The van der Waals surface area contributed by atoms with Crippen molar-refractivity contribution in [3.05, 3.63) is 53.1 Å². The first-order chi connectivity index (χ1) is 14.1. The lowest BCUT2D eigenvalue weighted by atomic mass is 10.1. The number of sulfonamides is 1. The Morgan fingerprint density at radius 2 is 1.77 bits per heavy atom. The molecular formula is C21H27ClN2O5S. The van der Waals surface area contributed by atoms with E-state index in [1.807, 2.05) is 0 Å². The van der Waals surface area contributed by atoms with Crippen LogP contribution >= 0.6 is 11.6 Å². The molecule has 1 amide bonds. The first kappa shape index (κ1) is 23.8. The van der Waals surface area contributed by atoms with E-state index < -0.39 is 28.0 Å². The molecule has 2 aromatic carbocycles. The number of carbonyl (C=O) groups is 1. The van der Waals surface area contributed by atoms with E-state index in [1.54, 1.807) is 70.5 Å². The second-order valence-corrected chi connectivity index (χ2v) is 9.09. The molecule has 2 rings (SSSR count). The molecule has 0 aliphatic rings. The molecule has 0 aliphatic carbocycles.